The van der Waals surface area contributed by atoms with Crippen molar-refractivity contribution in [3.8, 4) is 11.5 Å². The number of benzene rings is 1. The molecule has 0 saturated heterocycles. The van der Waals surface area contributed by atoms with Gasteiger partial charge < -0.3 is 19.5 Å². The van der Waals surface area contributed by atoms with Crippen LogP contribution >= 0.6 is 0 Å². The highest BCUT2D eigenvalue weighted by Crippen LogP contribution is 2.33. The summed E-state index contributed by atoms with van der Waals surface area (Å²) < 4.78 is 44.4. The molecule has 4 rings (SSSR count). The van der Waals surface area contributed by atoms with E-state index in [1.165, 1.54) is 5.56 Å². The second kappa shape index (κ2) is 9.07. The van der Waals surface area contributed by atoms with Crippen LogP contribution in [0.3, 0.4) is 0 Å². The number of nitrogens with zero attached hydrogens (tertiary/aromatic N) is 4. The van der Waals surface area contributed by atoms with Gasteiger partial charge in [0.2, 0.25) is 6.79 Å². The van der Waals surface area contributed by atoms with Gasteiger partial charge in [-0.15, -0.1) is 0 Å². The molecule has 2 aliphatic heterocycles. The Morgan fingerprint density at radius 3 is 2.50 bits per heavy atom. The summed E-state index contributed by atoms with van der Waals surface area (Å²) in [7, 11) is 5.44. The van der Waals surface area contributed by atoms with Gasteiger partial charge >= 0.3 is 12.1 Å². The molecule has 9 nitrogen and oxygen atoms in total. The fraction of sp³-hybridized carbons (Fsp3) is 0.450. The molecule has 2 aromatic rings. The first-order chi connectivity index (χ1) is 15.0. The number of carboxylic acids is 1. The van der Waals surface area contributed by atoms with Crippen molar-refractivity contribution in [1.82, 2.24) is 19.6 Å². The van der Waals surface area contributed by atoms with Gasteiger partial charge in [-0.05, 0) is 24.1 Å². The van der Waals surface area contributed by atoms with Crippen LogP contribution in [0, 0.1) is 0 Å². The number of amides is 1. The van der Waals surface area contributed by atoms with Crippen molar-refractivity contribution in [2.75, 3.05) is 27.4 Å². The molecule has 1 amide bonds. The smallest absolute Gasteiger partial charge is 0.475 e. The summed E-state index contributed by atoms with van der Waals surface area (Å²) in [5.74, 6) is -1.16. The molecule has 0 bridgehead atoms. The average Bonchev–Trinajstić information content (AvgIpc) is 3.31. The lowest BCUT2D eigenvalue weighted by atomic mass is 10.0. The fourth-order valence-corrected chi connectivity index (χ4v) is 3.44. The average molecular weight is 456 g/mol. The Morgan fingerprint density at radius 1 is 1.22 bits per heavy atom. The summed E-state index contributed by atoms with van der Waals surface area (Å²) in [6, 6.07) is 6.08. The van der Waals surface area contributed by atoms with E-state index in [1.807, 2.05) is 23.9 Å². The minimum Gasteiger partial charge on any atom is -0.475 e. The van der Waals surface area contributed by atoms with Crippen LogP contribution in [0.15, 0.2) is 18.2 Å². The molecule has 12 heteroatoms. The van der Waals surface area contributed by atoms with Crippen molar-refractivity contribution in [3.63, 3.8) is 0 Å². The quantitative estimate of drug-likeness (QED) is 0.755. The zero-order valence-corrected chi connectivity index (χ0v) is 17.8. The minimum atomic E-state index is -5.08. The van der Waals surface area contributed by atoms with Crippen LogP contribution in [0.2, 0.25) is 0 Å². The summed E-state index contributed by atoms with van der Waals surface area (Å²) >= 11 is 0. The number of fused-ring (bicyclic) bond motifs is 2. The van der Waals surface area contributed by atoms with E-state index in [9.17, 15) is 18.0 Å². The summed E-state index contributed by atoms with van der Waals surface area (Å²) in [5.41, 5.74) is 3.99. The molecule has 1 N–H and O–H groups in total. The highest BCUT2D eigenvalue weighted by molar-refractivity contribution is 5.93. The molecule has 0 atom stereocenters. The largest absolute Gasteiger partial charge is 0.490 e. The Labute approximate surface area is 181 Å². The van der Waals surface area contributed by atoms with E-state index in [1.54, 1.807) is 19.0 Å². The molecule has 0 unspecified atom stereocenters. The van der Waals surface area contributed by atoms with Gasteiger partial charge in [0.15, 0.2) is 17.2 Å². The van der Waals surface area contributed by atoms with Gasteiger partial charge in [-0.3, -0.25) is 14.4 Å². The van der Waals surface area contributed by atoms with Crippen molar-refractivity contribution in [3.05, 3.63) is 40.7 Å². The van der Waals surface area contributed by atoms with Crippen molar-refractivity contribution in [2.24, 2.45) is 7.05 Å². The zero-order valence-electron chi connectivity index (χ0n) is 17.8. The maximum atomic E-state index is 12.3. The summed E-state index contributed by atoms with van der Waals surface area (Å²) in [6.45, 7) is 2.82. The van der Waals surface area contributed by atoms with Gasteiger partial charge in [-0.1, -0.05) is 6.07 Å². The molecule has 1 aromatic carbocycles. The number of aryl methyl sites for hydroxylation is 1. The van der Waals surface area contributed by atoms with Gasteiger partial charge in [-0.25, -0.2) is 4.79 Å². The van der Waals surface area contributed by atoms with Crippen LogP contribution < -0.4 is 9.47 Å². The topological polar surface area (TPSA) is 97.1 Å². The van der Waals surface area contributed by atoms with E-state index in [0.717, 1.165) is 48.8 Å². The molecular formula is C20H23F3N4O5. The summed E-state index contributed by atoms with van der Waals surface area (Å²) in [6.07, 6.45) is -4.25. The van der Waals surface area contributed by atoms with Crippen LogP contribution in [-0.4, -0.2) is 70.2 Å². The van der Waals surface area contributed by atoms with E-state index in [4.69, 9.17) is 19.4 Å². The van der Waals surface area contributed by atoms with Crippen molar-refractivity contribution < 1.29 is 37.3 Å². The molecule has 1 aromatic heterocycles. The van der Waals surface area contributed by atoms with Crippen LogP contribution in [0.5, 0.6) is 11.5 Å². The third-order valence-electron chi connectivity index (χ3n) is 5.02. The summed E-state index contributed by atoms with van der Waals surface area (Å²) in [5, 5.41) is 11.6. The van der Waals surface area contributed by atoms with Crippen molar-refractivity contribution in [1.29, 1.82) is 0 Å². The van der Waals surface area contributed by atoms with Gasteiger partial charge in [0.05, 0.1) is 5.69 Å². The molecular weight excluding hydrogens is 433 g/mol. The van der Waals surface area contributed by atoms with Gasteiger partial charge in [0.1, 0.15) is 0 Å². The van der Waals surface area contributed by atoms with Gasteiger partial charge in [0, 0.05) is 46.3 Å². The number of hydrogen-bond acceptors (Lipinski definition) is 6. The van der Waals surface area contributed by atoms with Gasteiger partial charge in [-0.2, -0.15) is 18.3 Å². The molecule has 3 heterocycles. The molecule has 0 spiro atoms. The number of carbonyl (C=O) groups excluding carboxylic acids is 1. The highest BCUT2D eigenvalue weighted by Gasteiger charge is 2.38. The van der Waals surface area contributed by atoms with Crippen LogP contribution in [0.4, 0.5) is 13.2 Å². The lowest BCUT2D eigenvalue weighted by molar-refractivity contribution is -0.192. The lowest BCUT2D eigenvalue weighted by Gasteiger charge is -2.27. The molecule has 0 aliphatic carbocycles. The first-order valence-corrected chi connectivity index (χ1v) is 9.64. The third-order valence-corrected chi connectivity index (χ3v) is 5.02. The number of ether oxygens (including phenoxy) is 2. The van der Waals surface area contributed by atoms with Crippen LogP contribution in [0.1, 0.15) is 27.3 Å². The highest BCUT2D eigenvalue weighted by atomic mass is 19.4. The number of carbonyl (C=O) groups is 2. The number of aliphatic carboxylic acids is 1. The monoisotopic (exact) mass is 456 g/mol. The minimum absolute atomic E-state index is 0.0268. The SMILES string of the molecule is CN(C)C(=O)c1nn(C)c2c1CCN(Cc1ccc3c(c1)OCO3)C2.O=C(O)C(F)(F)F. The number of hydrogen-bond donors (Lipinski definition) is 1. The lowest BCUT2D eigenvalue weighted by Crippen LogP contribution is -2.32. The Morgan fingerprint density at radius 2 is 1.88 bits per heavy atom. The molecule has 0 fully saturated rings. The normalized spacial score (nSPS) is 14.9. The number of rotatable bonds is 3. The number of alkyl halides is 3. The predicted molar refractivity (Wildman–Crippen MR) is 105 cm³/mol. The second-order valence-corrected chi connectivity index (χ2v) is 7.55. The Hall–Kier alpha value is -3.28. The standard InChI is InChI=1S/C18H22N4O3.C2HF3O2/c1-20(2)18(23)17-13-6-7-22(10-14(13)21(3)19-17)9-12-4-5-15-16(8-12)25-11-24-15;3-2(4,5)1(6)7/h4-5,8H,6-7,9-11H2,1-3H3;(H,6,7). The van der Waals surface area contributed by atoms with Crippen molar-refractivity contribution in [2.45, 2.75) is 25.7 Å². The number of aromatic nitrogens is 2. The Balaban J connectivity index is 0.000000360. The second-order valence-electron chi connectivity index (χ2n) is 7.55. The van der Waals surface area contributed by atoms with Crippen molar-refractivity contribution >= 4 is 11.9 Å². The predicted octanol–water partition coefficient (Wildman–Crippen LogP) is 2.04. The van der Waals surface area contributed by atoms with E-state index >= 15 is 0 Å². The molecule has 0 saturated carbocycles. The van der Waals surface area contributed by atoms with Crippen LogP contribution in [-0.2, 0) is 31.4 Å². The zero-order chi connectivity index (χ0) is 23.6. The Kier molecular flexibility index (Phi) is 6.63. The first kappa shape index (κ1) is 23.4. The molecule has 0 radical (unpaired) electrons. The number of halogens is 3. The number of carboxylic acid groups (broad SMARTS) is 1. The van der Waals surface area contributed by atoms with E-state index < -0.39 is 12.1 Å². The molecule has 174 valence electrons. The summed E-state index contributed by atoms with van der Waals surface area (Å²) in [4.78, 5) is 25.2. The molecule has 2 aliphatic rings. The molecule has 32 heavy (non-hydrogen) atoms. The first-order valence-electron chi connectivity index (χ1n) is 9.64. The fourth-order valence-electron chi connectivity index (χ4n) is 3.44. The Bertz CT molecular complexity index is 1020. The maximum Gasteiger partial charge on any atom is 0.490 e. The third kappa shape index (κ3) is 5.13. The van der Waals surface area contributed by atoms with E-state index in [2.05, 4.69) is 16.1 Å². The van der Waals surface area contributed by atoms with Crippen LogP contribution in [0.25, 0.3) is 0 Å². The van der Waals surface area contributed by atoms with E-state index in [-0.39, 0.29) is 5.91 Å². The van der Waals surface area contributed by atoms with Gasteiger partial charge in [0.25, 0.3) is 5.91 Å². The maximum absolute atomic E-state index is 12.3. The van der Waals surface area contributed by atoms with E-state index in [0.29, 0.717) is 12.5 Å².